The van der Waals surface area contributed by atoms with Gasteiger partial charge in [0.1, 0.15) is 0 Å². The Kier molecular flexibility index (Phi) is 6.45. The van der Waals surface area contributed by atoms with Crippen LogP contribution in [0.2, 0.25) is 0 Å². The van der Waals surface area contributed by atoms with Crippen molar-refractivity contribution in [3.63, 3.8) is 0 Å². The van der Waals surface area contributed by atoms with Crippen LogP contribution in [0, 0.1) is 0 Å². The molecule has 0 spiro atoms. The molecule has 30 heavy (non-hydrogen) atoms. The predicted molar refractivity (Wildman–Crippen MR) is 115 cm³/mol. The van der Waals surface area contributed by atoms with Crippen LogP contribution in [0.25, 0.3) is 0 Å². The van der Waals surface area contributed by atoms with Gasteiger partial charge in [-0.15, -0.1) is 0 Å². The molecule has 3 N–H and O–H groups in total. The highest BCUT2D eigenvalue weighted by molar-refractivity contribution is 5.44. The van der Waals surface area contributed by atoms with E-state index in [-0.39, 0.29) is 5.95 Å². The topological polar surface area (TPSA) is 115 Å². The fourth-order valence-corrected chi connectivity index (χ4v) is 3.33. The summed E-state index contributed by atoms with van der Waals surface area (Å²) in [4.78, 5) is 25.9. The summed E-state index contributed by atoms with van der Waals surface area (Å²) in [6.45, 7) is 3.69. The van der Waals surface area contributed by atoms with Gasteiger partial charge in [0.25, 0.3) is 5.95 Å². The lowest BCUT2D eigenvalue weighted by Gasteiger charge is -2.34. The Bertz CT molecular complexity index is 918. The quantitative estimate of drug-likeness (QED) is 0.377. The van der Waals surface area contributed by atoms with E-state index in [4.69, 9.17) is 0 Å². The molecule has 0 bridgehead atoms. The van der Waals surface area contributed by atoms with Crippen molar-refractivity contribution in [2.24, 2.45) is 0 Å². The Morgan fingerprint density at radius 2 is 1.47 bits per heavy atom. The Hall–Kier alpha value is -3.53. The van der Waals surface area contributed by atoms with E-state index in [1.165, 1.54) is 5.56 Å². The van der Waals surface area contributed by atoms with Crippen molar-refractivity contribution in [1.82, 2.24) is 24.9 Å². The van der Waals surface area contributed by atoms with Crippen LogP contribution in [0.1, 0.15) is 12.0 Å². The molecule has 0 atom stereocenters. The lowest BCUT2D eigenvalue weighted by molar-refractivity contribution is 0.382. The molecule has 0 amide bonds. The highest BCUT2D eigenvalue weighted by Crippen LogP contribution is 2.17. The van der Waals surface area contributed by atoms with E-state index in [1.807, 2.05) is 29.7 Å². The molecular formula is C20H25N9O. The molecule has 156 valence electrons. The summed E-state index contributed by atoms with van der Waals surface area (Å²) in [5.41, 5.74) is 3.34. The molecule has 1 aliphatic heterocycles. The molecule has 10 nitrogen and oxygen atoms in total. The van der Waals surface area contributed by atoms with Gasteiger partial charge >= 0.3 is 0 Å². The van der Waals surface area contributed by atoms with Crippen LogP contribution in [0.3, 0.4) is 0 Å². The predicted octanol–water partition coefficient (Wildman–Crippen LogP) is 1.83. The molecule has 1 aliphatic rings. The summed E-state index contributed by atoms with van der Waals surface area (Å²) < 4.78 is 0. The Morgan fingerprint density at radius 3 is 2.17 bits per heavy atom. The number of piperazine rings is 1. The van der Waals surface area contributed by atoms with Crippen LogP contribution in [0.4, 0.5) is 23.8 Å². The van der Waals surface area contributed by atoms with Gasteiger partial charge in [-0.05, 0) is 24.5 Å². The summed E-state index contributed by atoms with van der Waals surface area (Å²) in [5, 5.41) is 12.6. The fourth-order valence-electron chi connectivity index (χ4n) is 3.33. The minimum Gasteiger partial charge on any atom is -0.354 e. The largest absolute Gasteiger partial charge is 0.354 e. The molecule has 0 aliphatic carbocycles. The first-order chi connectivity index (χ1) is 14.8. The maximum atomic E-state index is 9.32. The van der Waals surface area contributed by atoms with E-state index in [9.17, 15) is 5.21 Å². The Morgan fingerprint density at radius 1 is 0.800 bits per heavy atom. The van der Waals surface area contributed by atoms with Crippen molar-refractivity contribution in [2.45, 2.75) is 12.8 Å². The zero-order valence-electron chi connectivity index (χ0n) is 16.6. The SMILES string of the molecule is ONc1nc(NCCCc2ccccc2)nc(N2CCN(c3ncccn3)CC2)n1. The number of hydrogen-bond donors (Lipinski definition) is 3. The summed E-state index contributed by atoms with van der Waals surface area (Å²) in [5.74, 6) is 1.82. The maximum Gasteiger partial charge on any atom is 0.253 e. The molecule has 10 heteroatoms. The van der Waals surface area contributed by atoms with Gasteiger partial charge in [0, 0.05) is 45.1 Å². The van der Waals surface area contributed by atoms with E-state index in [1.54, 1.807) is 12.4 Å². The molecule has 2 aromatic heterocycles. The van der Waals surface area contributed by atoms with Crippen molar-refractivity contribution >= 4 is 23.8 Å². The minimum atomic E-state index is 0.124. The van der Waals surface area contributed by atoms with Gasteiger partial charge in [-0.3, -0.25) is 5.21 Å². The summed E-state index contributed by atoms with van der Waals surface area (Å²) in [6.07, 6.45) is 5.41. The molecule has 1 aromatic carbocycles. The first-order valence-corrected chi connectivity index (χ1v) is 10.0. The molecular weight excluding hydrogens is 382 g/mol. The second-order valence-corrected chi connectivity index (χ2v) is 6.93. The first kappa shape index (κ1) is 19.8. The smallest absolute Gasteiger partial charge is 0.253 e. The van der Waals surface area contributed by atoms with E-state index < -0.39 is 0 Å². The van der Waals surface area contributed by atoms with Crippen molar-refractivity contribution in [3.05, 3.63) is 54.4 Å². The molecule has 0 radical (unpaired) electrons. The third kappa shape index (κ3) is 5.09. The van der Waals surface area contributed by atoms with Gasteiger partial charge < -0.3 is 15.1 Å². The summed E-state index contributed by atoms with van der Waals surface area (Å²) in [6, 6.07) is 12.2. The molecule has 0 saturated carbocycles. The lowest BCUT2D eigenvalue weighted by Crippen LogP contribution is -2.47. The second kappa shape index (κ2) is 9.79. The van der Waals surface area contributed by atoms with E-state index in [0.29, 0.717) is 11.9 Å². The van der Waals surface area contributed by atoms with Crippen LogP contribution in [-0.2, 0) is 6.42 Å². The Labute approximate surface area is 175 Å². The number of aromatic nitrogens is 5. The summed E-state index contributed by atoms with van der Waals surface area (Å²) in [7, 11) is 0. The van der Waals surface area contributed by atoms with Gasteiger partial charge in [0.05, 0.1) is 0 Å². The van der Waals surface area contributed by atoms with Crippen molar-refractivity contribution < 1.29 is 5.21 Å². The maximum absolute atomic E-state index is 9.32. The highest BCUT2D eigenvalue weighted by Gasteiger charge is 2.21. The molecule has 1 saturated heterocycles. The first-order valence-electron chi connectivity index (χ1n) is 10.0. The van der Waals surface area contributed by atoms with Crippen LogP contribution in [-0.4, -0.2) is 62.9 Å². The van der Waals surface area contributed by atoms with Crippen LogP contribution >= 0.6 is 0 Å². The monoisotopic (exact) mass is 407 g/mol. The van der Waals surface area contributed by atoms with Gasteiger partial charge in [-0.25, -0.2) is 15.4 Å². The second-order valence-electron chi connectivity index (χ2n) is 6.93. The average molecular weight is 407 g/mol. The molecule has 1 fully saturated rings. The van der Waals surface area contributed by atoms with Crippen LogP contribution in [0.15, 0.2) is 48.8 Å². The van der Waals surface area contributed by atoms with Crippen LogP contribution in [0.5, 0.6) is 0 Å². The Balaban J connectivity index is 1.34. The highest BCUT2D eigenvalue weighted by atomic mass is 16.5. The lowest BCUT2D eigenvalue weighted by atomic mass is 10.1. The number of nitrogens with one attached hydrogen (secondary N) is 2. The van der Waals surface area contributed by atoms with Crippen molar-refractivity contribution in [2.75, 3.05) is 53.3 Å². The summed E-state index contributed by atoms with van der Waals surface area (Å²) >= 11 is 0. The standard InChI is InChI=1S/C20H25N9O/c30-27-18-24-17(21-9-4-8-16-6-2-1-3-7-16)25-20(26-18)29-14-12-28(13-15-29)19-22-10-5-11-23-19/h1-3,5-7,10-11,30H,4,8-9,12-15H2,(H2,21,24,25,26,27). The number of hydrogen-bond acceptors (Lipinski definition) is 10. The van der Waals surface area contributed by atoms with Crippen molar-refractivity contribution in [3.8, 4) is 0 Å². The van der Waals surface area contributed by atoms with E-state index in [0.717, 1.165) is 51.5 Å². The molecule has 0 unspecified atom stereocenters. The van der Waals surface area contributed by atoms with E-state index in [2.05, 4.69) is 52.2 Å². The third-order valence-electron chi connectivity index (χ3n) is 4.89. The van der Waals surface area contributed by atoms with Gasteiger partial charge in [0.15, 0.2) is 0 Å². The molecule has 3 heterocycles. The zero-order valence-corrected chi connectivity index (χ0v) is 16.6. The number of aryl methyl sites for hydroxylation is 1. The number of benzene rings is 1. The van der Waals surface area contributed by atoms with E-state index >= 15 is 0 Å². The average Bonchev–Trinajstić information content (AvgIpc) is 2.83. The van der Waals surface area contributed by atoms with Gasteiger partial charge in [0.2, 0.25) is 17.8 Å². The van der Waals surface area contributed by atoms with Gasteiger partial charge in [-0.2, -0.15) is 15.0 Å². The fraction of sp³-hybridized carbons (Fsp3) is 0.350. The number of rotatable bonds is 8. The minimum absolute atomic E-state index is 0.124. The van der Waals surface area contributed by atoms with Gasteiger partial charge in [-0.1, -0.05) is 30.3 Å². The number of anilines is 4. The number of nitrogens with zero attached hydrogens (tertiary/aromatic N) is 7. The zero-order chi connectivity index (χ0) is 20.6. The van der Waals surface area contributed by atoms with Crippen LogP contribution < -0.4 is 20.6 Å². The molecule has 3 aromatic rings. The molecule has 4 rings (SSSR count). The third-order valence-corrected chi connectivity index (χ3v) is 4.89. The van der Waals surface area contributed by atoms with Crippen molar-refractivity contribution in [1.29, 1.82) is 0 Å². The normalized spacial score (nSPS) is 13.9.